The number of H-pyrrole nitrogens is 1. The molecule has 5 nitrogen and oxygen atoms in total. The molecule has 0 bridgehead atoms. The molecule has 0 atom stereocenters. The van der Waals surface area contributed by atoms with Gasteiger partial charge in [0, 0.05) is 25.2 Å². The Balaban J connectivity index is 1.83. The second-order valence-electron chi connectivity index (χ2n) is 4.70. The molecule has 1 fully saturated rings. The van der Waals surface area contributed by atoms with Crippen LogP contribution in [0.4, 0.5) is 10.3 Å². The maximum atomic E-state index is 13.2. The summed E-state index contributed by atoms with van der Waals surface area (Å²) in [4.78, 5) is 6.60. The molecular weight excluding hydrogens is 281 g/mol. The number of nitrogens with zero attached hydrogens (tertiary/aromatic N) is 3. The van der Waals surface area contributed by atoms with Crippen LogP contribution in [0, 0.1) is 5.82 Å². The summed E-state index contributed by atoms with van der Waals surface area (Å²) in [6.45, 7) is 3.74. The predicted molar refractivity (Wildman–Crippen MR) is 76.5 cm³/mol. The highest BCUT2D eigenvalue weighted by Gasteiger charge is 2.15. The second kappa shape index (κ2) is 5.76. The average molecular weight is 296 g/mol. The van der Waals surface area contributed by atoms with E-state index in [0.29, 0.717) is 11.8 Å². The zero-order valence-electron chi connectivity index (χ0n) is 10.9. The smallest absolute Gasteiger partial charge is 0.245 e. The SMILES string of the molecule is Fc1ccc(-c2nc(N3CCCNCC3)n[nH]2)cc1Cl. The molecule has 0 radical (unpaired) electrons. The topological polar surface area (TPSA) is 56.8 Å². The van der Waals surface area contributed by atoms with E-state index in [0.717, 1.165) is 38.2 Å². The second-order valence-corrected chi connectivity index (χ2v) is 5.11. The number of hydrogen-bond acceptors (Lipinski definition) is 4. The van der Waals surface area contributed by atoms with Gasteiger partial charge in [0.05, 0.1) is 5.02 Å². The van der Waals surface area contributed by atoms with Gasteiger partial charge in [-0.1, -0.05) is 11.6 Å². The minimum atomic E-state index is -0.436. The monoisotopic (exact) mass is 295 g/mol. The fourth-order valence-corrected chi connectivity index (χ4v) is 2.39. The van der Waals surface area contributed by atoms with E-state index in [1.54, 1.807) is 12.1 Å². The molecular formula is C13H15ClFN5. The Bertz CT molecular complexity index is 592. The van der Waals surface area contributed by atoms with E-state index in [2.05, 4.69) is 25.4 Å². The highest BCUT2D eigenvalue weighted by molar-refractivity contribution is 6.31. The van der Waals surface area contributed by atoms with Crippen molar-refractivity contribution in [3.8, 4) is 11.4 Å². The Morgan fingerprint density at radius 2 is 2.15 bits per heavy atom. The van der Waals surface area contributed by atoms with Crippen molar-refractivity contribution in [2.75, 3.05) is 31.1 Å². The molecule has 1 aromatic heterocycles. The summed E-state index contributed by atoms with van der Waals surface area (Å²) in [7, 11) is 0. The summed E-state index contributed by atoms with van der Waals surface area (Å²) in [5.74, 6) is 0.831. The normalized spacial score (nSPS) is 16.2. The van der Waals surface area contributed by atoms with E-state index in [9.17, 15) is 4.39 Å². The van der Waals surface area contributed by atoms with Gasteiger partial charge in [0.25, 0.3) is 0 Å². The lowest BCUT2D eigenvalue weighted by Gasteiger charge is -2.16. The maximum Gasteiger partial charge on any atom is 0.245 e. The third kappa shape index (κ3) is 2.76. The van der Waals surface area contributed by atoms with E-state index in [4.69, 9.17) is 11.6 Å². The lowest BCUT2D eigenvalue weighted by Crippen LogP contribution is -2.28. The van der Waals surface area contributed by atoms with Crippen LogP contribution in [0.3, 0.4) is 0 Å². The van der Waals surface area contributed by atoms with Crippen LogP contribution in [-0.2, 0) is 0 Å². The highest BCUT2D eigenvalue weighted by atomic mass is 35.5. The predicted octanol–water partition coefficient (Wildman–Crippen LogP) is 2.06. The summed E-state index contributed by atoms with van der Waals surface area (Å²) in [5, 5.41) is 10.5. The molecule has 1 saturated heterocycles. The minimum Gasteiger partial charge on any atom is -0.338 e. The number of nitrogens with one attached hydrogen (secondary N) is 2. The summed E-state index contributed by atoms with van der Waals surface area (Å²) < 4.78 is 13.2. The first-order valence-corrected chi connectivity index (χ1v) is 6.95. The Labute approximate surface area is 121 Å². The van der Waals surface area contributed by atoms with Crippen molar-refractivity contribution >= 4 is 17.5 Å². The number of aromatic amines is 1. The van der Waals surface area contributed by atoms with Crippen molar-refractivity contribution in [1.29, 1.82) is 0 Å². The lowest BCUT2D eigenvalue weighted by atomic mass is 10.2. The zero-order chi connectivity index (χ0) is 13.9. The van der Waals surface area contributed by atoms with Crippen molar-refractivity contribution < 1.29 is 4.39 Å². The number of anilines is 1. The van der Waals surface area contributed by atoms with Gasteiger partial charge in [-0.05, 0) is 31.2 Å². The first-order valence-electron chi connectivity index (χ1n) is 6.57. The summed E-state index contributed by atoms with van der Waals surface area (Å²) in [6, 6.07) is 4.51. The number of rotatable bonds is 2. The summed E-state index contributed by atoms with van der Waals surface area (Å²) in [6.07, 6.45) is 1.06. The van der Waals surface area contributed by atoms with E-state index in [-0.39, 0.29) is 5.02 Å². The molecule has 106 valence electrons. The van der Waals surface area contributed by atoms with Gasteiger partial charge in [0.1, 0.15) is 5.82 Å². The number of aromatic nitrogens is 3. The van der Waals surface area contributed by atoms with Gasteiger partial charge >= 0.3 is 0 Å². The fraction of sp³-hybridized carbons (Fsp3) is 0.385. The van der Waals surface area contributed by atoms with E-state index in [1.807, 2.05) is 0 Å². The van der Waals surface area contributed by atoms with Gasteiger partial charge in [-0.3, -0.25) is 5.10 Å². The van der Waals surface area contributed by atoms with E-state index >= 15 is 0 Å². The Hall–Kier alpha value is -1.66. The van der Waals surface area contributed by atoms with Crippen molar-refractivity contribution in [3.63, 3.8) is 0 Å². The lowest BCUT2D eigenvalue weighted by molar-refractivity contribution is 0.628. The average Bonchev–Trinajstić information content (AvgIpc) is 2.78. The molecule has 0 amide bonds. The number of hydrogen-bond donors (Lipinski definition) is 2. The summed E-state index contributed by atoms with van der Waals surface area (Å²) >= 11 is 5.79. The third-order valence-electron chi connectivity index (χ3n) is 3.29. The van der Waals surface area contributed by atoms with Crippen LogP contribution >= 0.6 is 11.6 Å². The van der Waals surface area contributed by atoms with Crippen LogP contribution < -0.4 is 10.2 Å². The molecule has 2 N–H and O–H groups in total. The van der Waals surface area contributed by atoms with Crippen LogP contribution in [0.1, 0.15) is 6.42 Å². The highest BCUT2D eigenvalue weighted by Crippen LogP contribution is 2.23. The molecule has 0 spiro atoms. The molecule has 1 aliphatic heterocycles. The molecule has 0 aliphatic carbocycles. The van der Waals surface area contributed by atoms with Gasteiger partial charge in [-0.2, -0.15) is 4.98 Å². The molecule has 0 unspecified atom stereocenters. The number of halogens is 2. The van der Waals surface area contributed by atoms with Crippen molar-refractivity contribution in [3.05, 3.63) is 29.0 Å². The van der Waals surface area contributed by atoms with Crippen LogP contribution in [0.5, 0.6) is 0 Å². The van der Waals surface area contributed by atoms with Gasteiger partial charge in [0.2, 0.25) is 5.95 Å². The third-order valence-corrected chi connectivity index (χ3v) is 3.58. The molecule has 7 heteroatoms. The summed E-state index contributed by atoms with van der Waals surface area (Å²) in [5.41, 5.74) is 0.725. The Morgan fingerprint density at radius 3 is 3.00 bits per heavy atom. The van der Waals surface area contributed by atoms with Gasteiger partial charge in [-0.25, -0.2) is 4.39 Å². The van der Waals surface area contributed by atoms with Crippen LogP contribution in [0.2, 0.25) is 5.02 Å². The number of benzene rings is 1. The van der Waals surface area contributed by atoms with Gasteiger partial charge < -0.3 is 10.2 Å². The first-order chi connectivity index (χ1) is 9.74. The fourth-order valence-electron chi connectivity index (χ4n) is 2.21. The molecule has 20 heavy (non-hydrogen) atoms. The van der Waals surface area contributed by atoms with Crippen LogP contribution in [0.15, 0.2) is 18.2 Å². The van der Waals surface area contributed by atoms with E-state index in [1.165, 1.54) is 6.07 Å². The Kier molecular flexibility index (Phi) is 3.84. The van der Waals surface area contributed by atoms with Crippen molar-refractivity contribution in [2.45, 2.75) is 6.42 Å². The van der Waals surface area contributed by atoms with Crippen molar-refractivity contribution in [2.24, 2.45) is 0 Å². The Morgan fingerprint density at radius 1 is 1.25 bits per heavy atom. The van der Waals surface area contributed by atoms with Crippen LogP contribution in [0.25, 0.3) is 11.4 Å². The van der Waals surface area contributed by atoms with Crippen LogP contribution in [-0.4, -0.2) is 41.4 Å². The minimum absolute atomic E-state index is 0.0828. The largest absolute Gasteiger partial charge is 0.338 e. The standard InChI is InChI=1S/C13H15ClFN5/c14-10-8-9(2-3-11(10)15)12-17-13(19-18-12)20-6-1-4-16-5-7-20/h2-3,8,16H,1,4-7H2,(H,17,18,19). The van der Waals surface area contributed by atoms with E-state index < -0.39 is 5.82 Å². The van der Waals surface area contributed by atoms with Gasteiger partial charge in [-0.15, -0.1) is 5.10 Å². The maximum absolute atomic E-state index is 13.2. The molecule has 3 rings (SSSR count). The first kappa shape index (κ1) is 13.3. The molecule has 2 aromatic rings. The molecule has 0 saturated carbocycles. The van der Waals surface area contributed by atoms with Crippen molar-refractivity contribution in [1.82, 2.24) is 20.5 Å². The molecule has 2 heterocycles. The van der Waals surface area contributed by atoms with Gasteiger partial charge in [0.15, 0.2) is 5.82 Å². The molecule has 1 aliphatic rings. The quantitative estimate of drug-likeness (QED) is 0.890. The zero-order valence-corrected chi connectivity index (χ0v) is 11.6. The molecule has 1 aromatic carbocycles.